The van der Waals surface area contributed by atoms with E-state index in [0.717, 1.165) is 39.6 Å². The summed E-state index contributed by atoms with van der Waals surface area (Å²) in [6.45, 7) is 6.56. The van der Waals surface area contributed by atoms with Crippen molar-refractivity contribution in [2.24, 2.45) is 0 Å². The number of amides is 1. The van der Waals surface area contributed by atoms with Gasteiger partial charge in [0.05, 0.1) is 29.7 Å². The van der Waals surface area contributed by atoms with E-state index in [1.807, 2.05) is 68.6 Å². The SMILES string of the molecule is Cc1ccc(C)c(NC(=O)CCN2C(=S)NC(c3ccccn3)C2c2ccc(C)n2-c2cccnc2)c1. The molecule has 0 bridgehead atoms. The van der Waals surface area contributed by atoms with Crippen LogP contribution in [0.2, 0.25) is 0 Å². The predicted molar refractivity (Wildman–Crippen MR) is 150 cm³/mol. The summed E-state index contributed by atoms with van der Waals surface area (Å²) < 4.78 is 2.20. The number of rotatable bonds is 7. The summed E-state index contributed by atoms with van der Waals surface area (Å²) in [5.41, 5.74) is 7.01. The second-order valence-electron chi connectivity index (χ2n) is 9.38. The Bertz CT molecular complexity index is 1420. The van der Waals surface area contributed by atoms with Gasteiger partial charge in [-0.25, -0.2) is 0 Å². The summed E-state index contributed by atoms with van der Waals surface area (Å²) in [7, 11) is 0. The highest BCUT2D eigenvalue weighted by molar-refractivity contribution is 7.80. The van der Waals surface area contributed by atoms with Crippen LogP contribution in [0.15, 0.2) is 79.3 Å². The molecule has 8 heteroatoms. The van der Waals surface area contributed by atoms with Crippen molar-refractivity contribution in [3.63, 3.8) is 0 Å². The molecule has 5 rings (SSSR count). The van der Waals surface area contributed by atoms with E-state index in [0.29, 0.717) is 18.1 Å². The second kappa shape index (κ2) is 10.5. The molecule has 4 heterocycles. The van der Waals surface area contributed by atoms with Gasteiger partial charge in [0.1, 0.15) is 0 Å². The van der Waals surface area contributed by atoms with Gasteiger partial charge in [0.15, 0.2) is 5.11 Å². The molecule has 2 N–H and O–H groups in total. The predicted octanol–water partition coefficient (Wildman–Crippen LogP) is 5.19. The highest BCUT2D eigenvalue weighted by Crippen LogP contribution is 2.40. The Kier molecular flexibility index (Phi) is 7.01. The summed E-state index contributed by atoms with van der Waals surface area (Å²) >= 11 is 5.81. The Hall–Kier alpha value is -4.04. The minimum Gasteiger partial charge on any atom is -0.352 e. The summed E-state index contributed by atoms with van der Waals surface area (Å²) in [5.74, 6) is -0.0460. The zero-order chi connectivity index (χ0) is 25.9. The number of benzene rings is 1. The summed E-state index contributed by atoms with van der Waals surface area (Å²) in [4.78, 5) is 24.1. The third-order valence-corrected chi connectivity index (χ3v) is 7.11. The van der Waals surface area contributed by atoms with Crippen LogP contribution in [0.3, 0.4) is 0 Å². The van der Waals surface area contributed by atoms with Crippen LogP contribution >= 0.6 is 12.2 Å². The van der Waals surface area contributed by atoms with Crippen LogP contribution in [0.25, 0.3) is 5.69 Å². The van der Waals surface area contributed by atoms with E-state index in [-0.39, 0.29) is 18.0 Å². The van der Waals surface area contributed by atoms with Crippen LogP contribution in [-0.4, -0.2) is 37.0 Å². The van der Waals surface area contributed by atoms with Crippen LogP contribution in [0, 0.1) is 20.8 Å². The standard InChI is InChI=1S/C29H30N6OS/c1-19-9-10-20(2)24(17-19)32-26(36)13-16-34-28(27(33-29(34)37)23-8-4-5-15-31-23)25-12-11-21(3)35(25)22-7-6-14-30-18-22/h4-12,14-15,17-18,27-28H,13,16H2,1-3H3,(H,32,36)(H,33,37). The number of thiocarbonyl (C=S) groups is 1. The van der Waals surface area contributed by atoms with E-state index in [9.17, 15) is 4.79 Å². The van der Waals surface area contributed by atoms with Crippen molar-refractivity contribution in [1.82, 2.24) is 24.8 Å². The van der Waals surface area contributed by atoms with Crippen molar-refractivity contribution in [2.45, 2.75) is 39.3 Å². The molecule has 1 aliphatic rings. The molecule has 1 aromatic carbocycles. The van der Waals surface area contributed by atoms with E-state index >= 15 is 0 Å². The molecule has 1 amide bonds. The summed E-state index contributed by atoms with van der Waals surface area (Å²) in [6, 6.07) is 19.8. The van der Waals surface area contributed by atoms with Crippen molar-refractivity contribution in [3.8, 4) is 5.69 Å². The number of hydrogen-bond donors (Lipinski definition) is 2. The fourth-order valence-corrected chi connectivity index (χ4v) is 5.23. The molecule has 0 spiro atoms. The molecule has 1 saturated heterocycles. The largest absolute Gasteiger partial charge is 0.352 e. The third kappa shape index (κ3) is 5.11. The van der Waals surface area contributed by atoms with Crippen LogP contribution in [0.4, 0.5) is 5.69 Å². The molecule has 7 nitrogen and oxygen atoms in total. The number of aryl methyl sites for hydroxylation is 3. The van der Waals surface area contributed by atoms with Gasteiger partial charge >= 0.3 is 0 Å². The normalized spacial score (nSPS) is 17.1. The second-order valence-corrected chi connectivity index (χ2v) is 9.77. The molecule has 4 aromatic rings. The van der Waals surface area contributed by atoms with Gasteiger partial charge in [-0.2, -0.15) is 0 Å². The first-order valence-electron chi connectivity index (χ1n) is 12.4. The van der Waals surface area contributed by atoms with Gasteiger partial charge in [0.25, 0.3) is 0 Å². The van der Waals surface area contributed by atoms with Gasteiger partial charge in [-0.05, 0) is 86.6 Å². The Morgan fingerprint density at radius 3 is 2.68 bits per heavy atom. The Morgan fingerprint density at radius 1 is 1.05 bits per heavy atom. The fourth-order valence-electron chi connectivity index (χ4n) is 4.90. The topological polar surface area (TPSA) is 75.1 Å². The molecule has 2 unspecified atom stereocenters. The minimum atomic E-state index is -0.166. The summed E-state index contributed by atoms with van der Waals surface area (Å²) in [6.07, 6.45) is 5.72. The highest BCUT2D eigenvalue weighted by atomic mass is 32.1. The smallest absolute Gasteiger partial charge is 0.226 e. The van der Waals surface area contributed by atoms with Gasteiger partial charge in [-0.3, -0.25) is 14.8 Å². The Morgan fingerprint density at radius 2 is 1.92 bits per heavy atom. The molecule has 0 radical (unpaired) electrons. The summed E-state index contributed by atoms with van der Waals surface area (Å²) in [5, 5.41) is 7.16. The van der Waals surface area contributed by atoms with Gasteiger partial charge < -0.3 is 20.1 Å². The molecule has 3 aromatic heterocycles. The molecule has 188 valence electrons. The van der Waals surface area contributed by atoms with Crippen molar-refractivity contribution in [1.29, 1.82) is 0 Å². The van der Waals surface area contributed by atoms with Crippen molar-refractivity contribution in [2.75, 3.05) is 11.9 Å². The third-order valence-electron chi connectivity index (χ3n) is 6.76. The molecule has 0 aliphatic carbocycles. The van der Waals surface area contributed by atoms with Crippen molar-refractivity contribution in [3.05, 3.63) is 107 Å². The number of carbonyl (C=O) groups excluding carboxylic acids is 1. The number of nitrogens with zero attached hydrogens (tertiary/aromatic N) is 4. The van der Waals surface area contributed by atoms with E-state index in [1.165, 1.54) is 0 Å². The van der Waals surface area contributed by atoms with Gasteiger partial charge in [-0.15, -0.1) is 0 Å². The monoisotopic (exact) mass is 510 g/mol. The molecular formula is C29H30N6OS. The number of anilines is 1. The van der Waals surface area contributed by atoms with E-state index < -0.39 is 0 Å². The maximum Gasteiger partial charge on any atom is 0.226 e. The Labute approximate surface area is 222 Å². The zero-order valence-corrected chi connectivity index (χ0v) is 22.0. The zero-order valence-electron chi connectivity index (χ0n) is 21.2. The van der Waals surface area contributed by atoms with E-state index in [4.69, 9.17) is 12.2 Å². The molecule has 1 aliphatic heterocycles. The molecular weight excluding hydrogens is 480 g/mol. The van der Waals surface area contributed by atoms with E-state index in [1.54, 1.807) is 12.4 Å². The molecule has 2 atom stereocenters. The van der Waals surface area contributed by atoms with Crippen LogP contribution in [0.5, 0.6) is 0 Å². The number of pyridine rings is 2. The lowest BCUT2D eigenvalue weighted by Gasteiger charge is -2.29. The fraction of sp³-hybridized carbons (Fsp3) is 0.241. The molecule has 1 fully saturated rings. The lowest BCUT2D eigenvalue weighted by atomic mass is 10.0. The van der Waals surface area contributed by atoms with E-state index in [2.05, 4.69) is 49.1 Å². The maximum atomic E-state index is 13.0. The number of nitrogens with one attached hydrogen (secondary N) is 2. The van der Waals surface area contributed by atoms with Crippen molar-refractivity contribution < 1.29 is 4.79 Å². The maximum absolute atomic E-state index is 13.0. The minimum absolute atomic E-state index is 0.0460. The van der Waals surface area contributed by atoms with Crippen LogP contribution in [-0.2, 0) is 4.79 Å². The quantitative estimate of drug-likeness (QED) is 0.333. The average Bonchev–Trinajstić information content (AvgIpc) is 3.44. The lowest BCUT2D eigenvalue weighted by Crippen LogP contribution is -2.33. The first kappa shape index (κ1) is 24.6. The number of aromatic nitrogens is 3. The molecule has 0 saturated carbocycles. The highest BCUT2D eigenvalue weighted by Gasteiger charge is 2.41. The van der Waals surface area contributed by atoms with Crippen LogP contribution in [0.1, 0.15) is 46.7 Å². The number of hydrogen-bond acceptors (Lipinski definition) is 4. The first-order valence-corrected chi connectivity index (χ1v) is 12.8. The first-order chi connectivity index (χ1) is 17.9. The van der Waals surface area contributed by atoms with Crippen LogP contribution < -0.4 is 10.6 Å². The Balaban J connectivity index is 1.46. The van der Waals surface area contributed by atoms with Gasteiger partial charge in [0, 0.05) is 42.4 Å². The number of carbonyl (C=O) groups is 1. The molecule has 37 heavy (non-hydrogen) atoms. The van der Waals surface area contributed by atoms with Gasteiger partial charge in [-0.1, -0.05) is 18.2 Å². The van der Waals surface area contributed by atoms with Crippen molar-refractivity contribution >= 4 is 28.9 Å². The van der Waals surface area contributed by atoms with Gasteiger partial charge in [0.2, 0.25) is 5.91 Å². The lowest BCUT2D eigenvalue weighted by molar-refractivity contribution is -0.116. The average molecular weight is 511 g/mol.